The molecule has 1 aromatic carbocycles. The molecule has 1 atom stereocenters. The summed E-state index contributed by atoms with van der Waals surface area (Å²) in [6.07, 6.45) is -0.816. The number of hydrogen-bond donors (Lipinski definition) is 2. The number of likely N-dealkylation sites (tertiary alicyclic amines) is 1. The third kappa shape index (κ3) is 6.14. The summed E-state index contributed by atoms with van der Waals surface area (Å²) in [4.78, 5) is 30.5. The highest BCUT2D eigenvalue weighted by molar-refractivity contribution is 5.92. The summed E-state index contributed by atoms with van der Waals surface area (Å²) < 4.78 is 39.3. The first-order chi connectivity index (χ1) is 16.7. The Morgan fingerprint density at radius 1 is 1.14 bits per heavy atom. The molecular formula is C23H24F3N7O2. The number of pyridine rings is 1. The minimum Gasteiger partial charge on any atom is -0.338 e. The van der Waals surface area contributed by atoms with E-state index in [9.17, 15) is 22.8 Å². The van der Waals surface area contributed by atoms with E-state index in [2.05, 4.69) is 25.9 Å². The van der Waals surface area contributed by atoms with Crippen LogP contribution in [-0.4, -0.2) is 56.5 Å². The number of aryl methyl sites for hydroxylation is 1. The third-order valence-electron chi connectivity index (χ3n) is 5.69. The molecule has 3 amide bonds. The molecule has 1 aliphatic rings. The maximum Gasteiger partial charge on any atom is 0.417 e. The number of hydrogen-bond acceptors (Lipinski definition) is 5. The zero-order valence-electron chi connectivity index (χ0n) is 18.9. The van der Waals surface area contributed by atoms with Crippen LogP contribution >= 0.6 is 0 Å². The molecule has 3 heterocycles. The van der Waals surface area contributed by atoms with Gasteiger partial charge in [-0.1, -0.05) is 22.9 Å². The number of rotatable bonds is 5. The van der Waals surface area contributed by atoms with E-state index in [0.29, 0.717) is 31.5 Å². The first-order valence-electron chi connectivity index (χ1n) is 11.1. The number of nitrogens with one attached hydrogen (secondary N) is 2. The van der Waals surface area contributed by atoms with Gasteiger partial charge in [-0.2, -0.15) is 13.2 Å². The van der Waals surface area contributed by atoms with Gasteiger partial charge in [0, 0.05) is 31.5 Å². The lowest BCUT2D eigenvalue weighted by Gasteiger charge is -2.32. The Morgan fingerprint density at radius 3 is 2.60 bits per heavy atom. The molecule has 4 rings (SSSR count). The summed E-state index contributed by atoms with van der Waals surface area (Å²) in [5, 5.41) is 13.3. The summed E-state index contributed by atoms with van der Waals surface area (Å²) in [5.74, 6) is -0.148. The van der Waals surface area contributed by atoms with E-state index in [1.54, 1.807) is 4.90 Å². The molecule has 1 unspecified atom stereocenters. The number of aromatic nitrogens is 4. The minimum atomic E-state index is -4.49. The van der Waals surface area contributed by atoms with Gasteiger partial charge in [-0.15, -0.1) is 5.10 Å². The van der Waals surface area contributed by atoms with Crippen molar-refractivity contribution in [3.63, 3.8) is 0 Å². The van der Waals surface area contributed by atoms with Gasteiger partial charge < -0.3 is 15.5 Å². The number of alkyl halides is 3. The second-order valence-electron chi connectivity index (χ2n) is 8.41. The number of amides is 3. The van der Waals surface area contributed by atoms with Crippen LogP contribution in [0.25, 0.3) is 5.82 Å². The Balaban J connectivity index is 1.31. The molecule has 12 heteroatoms. The van der Waals surface area contributed by atoms with E-state index in [0.717, 1.165) is 35.2 Å². The van der Waals surface area contributed by atoms with E-state index in [1.807, 2.05) is 31.2 Å². The molecule has 0 aliphatic carbocycles. The lowest BCUT2D eigenvalue weighted by molar-refractivity contribution is -0.137. The lowest BCUT2D eigenvalue weighted by atomic mass is 9.98. The van der Waals surface area contributed by atoms with Gasteiger partial charge >= 0.3 is 12.2 Å². The highest BCUT2D eigenvalue weighted by Crippen LogP contribution is 2.28. The molecule has 0 spiro atoms. The van der Waals surface area contributed by atoms with Crippen molar-refractivity contribution in [3.05, 3.63) is 65.6 Å². The number of halogens is 3. The largest absolute Gasteiger partial charge is 0.417 e. The van der Waals surface area contributed by atoms with Crippen molar-refractivity contribution in [3.8, 4) is 5.82 Å². The van der Waals surface area contributed by atoms with Gasteiger partial charge in [0.25, 0.3) is 5.91 Å². The Bertz CT molecular complexity index is 1180. The van der Waals surface area contributed by atoms with Crippen molar-refractivity contribution in [2.75, 3.05) is 25.0 Å². The smallest absolute Gasteiger partial charge is 0.338 e. The molecule has 9 nitrogen and oxygen atoms in total. The monoisotopic (exact) mass is 487 g/mol. The van der Waals surface area contributed by atoms with Crippen molar-refractivity contribution in [2.45, 2.75) is 25.9 Å². The van der Waals surface area contributed by atoms with Gasteiger partial charge in [0.05, 0.1) is 11.8 Å². The second-order valence-corrected chi connectivity index (χ2v) is 8.41. The van der Waals surface area contributed by atoms with Crippen molar-refractivity contribution < 1.29 is 22.8 Å². The van der Waals surface area contributed by atoms with Crippen molar-refractivity contribution >= 4 is 17.6 Å². The van der Waals surface area contributed by atoms with E-state index in [1.165, 1.54) is 6.20 Å². The molecule has 1 saturated heterocycles. The van der Waals surface area contributed by atoms with Crippen molar-refractivity contribution in [1.29, 1.82) is 0 Å². The molecule has 0 saturated carbocycles. The van der Waals surface area contributed by atoms with Crippen LogP contribution in [0.2, 0.25) is 0 Å². The fourth-order valence-corrected chi connectivity index (χ4v) is 3.79. The molecule has 0 bridgehead atoms. The van der Waals surface area contributed by atoms with Crippen LogP contribution in [0.1, 0.15) is 34.5 Å². The fourth-order valence-electron chi connectivity index (χ4n) is 3.79. The summed E-state index contributed by atoms with van der Waals surface area (Å²) in [6.45, 7) is 3.35. The molecule has 184 valence electrons. The quantitative estimate of drug-likeness (QED) is 0.572. The second kappa shape index (κ2) is 10.1. The van der Waals surface area contributed by atoms with Crippen LogP contribution in [0.3, 0.4) is 0 Å². The van der Waals surface area contributed by atoms with Crippen LogP contribution in [-0.2, 0) is 6.18 Å². The van der Waals surface area contributed by atoms with Crippen molar-refractivity contribution in [1.82, 2.24) is 30.2 Å². The molecule has 2 aromatic heterocycles. The van der Waals surface area contributed by atoms with Gasteiger partial charge in [-0.3, -0.25) is 4.79 Å². The molecule has 35 heavy (non-hydrogen) atoms. The van der Waals surface area contributed by atoms with E-state index >= 15 is 0 Å². The summed E-state index contributed by atoms with van der Waals surface area (Å²) in [6, 6.07) is 9.20. The van der Waals surface area contributed by atoms with Gasteiger partial charge in [-0.25, -0.2) is 14.5 Å². The molecule has 2 N–H and O–H groups in total. The van der Waals surface area contributed by atoms with Gasteiger partial charge in [0.15, 0.2) is 11.5 Å². The number of benzene rings is 1. The minimum absolute atomic E-state index is 0.0671. The van der Waals surface area contributed by atoms with E-state index in [-0.39, 0.29) is 29.4 Å². The maximum atomic E-state index is 12.9. The average molecular weight is 487 g/mol. The van der Waals surface area contributed by atoms with Crippen LogP contribution in [0.15, 0.2) is 48.8 Å². The standard InChI is InChI=1S/C23H24F3N7O2/c1-15-4-7-18(8-5-15)29-22(35)28-11-16-3-2-10-32(13-16)21(34)19-14-33(31-30-19)20-9-6-17(12-27-20)23(24,25)26/h4-9,12,14,16H,2-3,10-11,13H2,1H3,(H2,28,29,35). The number of anilines is 1. The van der Waals surface area contributed by atoms with Gasteiger partial charge in [0.1, 0.15) is 0 Å². The maximum absolute atomic E-state index is 12.9. The van der Waals surface area contributed by atoms with Crippen LogP contribution in [0.4, 0.5) is 23.7 Å². The first kappa shape index (κ1) is 24.2. The molecule has 1 aliphatic heterocycles. The predicted molar refractivity (Wildman–Crippen MR) is 121 cm³/mol. The molecular weight excluding hydrogens is 463 g/mol. The zero-order valence-corrected chi connectivity index (χ0v) is 18.9. The Morgan fingerprint density at radius 2 is 1.91 bits per heavy atom. The van der Waals surface area contributed by atoms with Crippen molar-refractivity contribution in [2.24, 2.45) is 5.92 Å². The molecule has 0 radical (unpaired) electrons. The topological polar surface area (TPSA) is 105 Å². The van der Waals surface area contributed by atoms with E-state index in [4.69, 9.17) is 0 Å². The predicted octanol–water partition coefficient (Wildman–Crippen LogP) is 3.66. The summed E-state index contributed by atoms with van der Waals surface area (Å²) in [7, 11) is 0. The van der Waals surface area contributed by atoms with Crippen LogP contribution in [0, 0.1) is 12.8 Å². The molecule has 1 fully saturated rings. The normalized spacial score (nSPS) is 16.1. The van der Waals surface area contributed by atoms with Gasteiger partial charge in [0.2, 0.25) is 0 Å². The molecule has 3 aromatic rings. The Hall–Kier alpha value is -3.96. The fraction of sp³-hybridized carbons (Fsp3) is 0.348. The van der Waals surface area contributed by atoms with E-state index < -0.39 is 11.7 Å². The summed E-state index contributed by atoms with van der Waals surface area (Å²) in [5.41, 5.74) is 0.980. The number of piperidine rings is 1. The third-order valence-corrected chi connectivity index (χ3v) is 5.69. The first-order valence-corrected chi connectivity index (χ1v) is 11.1. The van der Waals surface area contributed by atoms with Crippen LogP contribution < -0.4 is 10.6 Å². The average Bonchev–Trinajstić information content (AvgIpc) is 3.34. The highest BCUT2D eigenvalue weighted by atomic mass is 19.4. The number of urea groups is 1. The summed E-state index contributed by atoms with van der Waals surface area (Å²) >= 11 is 0. The number of nitrogens with zero attached hydrogens (tertiary/aromatic N) is 5. The Kier molecular flexibility index (Phi) is 6.99. The Labute approximate surface area is 199 Å². The lowest BCUT2D eigenvalue weighted by Crippen LogP contribution is -2.44. The number of carbonyl (C=O) groups excluding carboxylic acids is 2. The number of carbonyl (C=O) groups is 2. The van der Waals surface area contributed by atoms with Crippen LogP contribution in [0.5, 0.6) is 0 Å². The zero-order chi connectivity index (χ0) is 25.0. The SMILES string of the molecule is Cc1ccc(NC(=O)NCC2CCCN(C(=O)c3cn(-c4ccc(C(F)(F)F)cn4)nn3)C2)cc1. The van der Waals surface area contributed by atoms with Gasteiger partial charge in [-0.05, 0) is 49.9 Å². The highest BCUT2D eigenvalue weighted by Gasteiger charge is 2.31.